The standard InChI is InChI=1S/C18H24FN5O3.ClH/c1-9(2)15(20)17(26)21-8-14(25)22-11(4)18-23-16(24-27-18)12-5-6-13(19)10(3)7-12;/h5-7,9,11,15H,8,20H2,1-4H3,(H,21,26)(H,22,25);1H/t11?,15-;/m0./s1. The van der Waals surface area contributed by atoms with Crippen LogP contribution in [-0.4, -0.2) is 34.5 Å². The molecule has 0 aliphatic rings. The summed E-state index contributed by atoms with van der Waals surface area (Å²) in [6.07, 6.45) is 0. The summed E-state index contributed by atoms with van der Waals surface area (Å²) in [5, 5.41) is 9.00. The van der Waals surface area contributed by atoms with Crippen LogP contribution in [0.15, 0.2) is 22.7 Å². The maximum Gasteiger partial charge on any atom is 0.249 e. The van der Waals surface area contributed by atoms with Crippen molar-refractivity contribution in [3.63, 3.8) is 0 Å². The molecule has 1 aromatic carbocycles. The van der Waals surface area contributed by atoms with E-state index in [0.717, 1.165) is 0 Å². The van der Waals surface area contributed by atoms with Gasteiger partial charge in [0.15, 0.2) is 0 Å². The van der Waals surface area contributed by atoms with Crippen molar-refractivity contribution in [1.82, 2.24) is 20.8 Å². The summed E-state index contributed by atoms with van der Waals surface area (Å²) in [6, 6.07) is 3.26. The van der Waals surface area contributed by atoms with Gasteiger partial charge in [0.1, 0.15) is 11.9 Å². The predicted octanol–water partition coefficient (Wildman–Crippen LogP) is 1.88. The van der Waals surface area contributed by atoms with Crippen LogP contribution in [0.3, 0.4) is 0 Å². The molecule has 1 unspecified atom stereocenters. The normalized spacial score (nSPS) is 12.8. The zero-order valence-corrected chi connectivity index (χ0v) is 17.0. The van der Waals surface area contributed by atoms with E-state index in [1.165, 1.54) is 6.07 Å². The zero-order valence-electron chi connectivity index (χ0n) is 16.2. The monoisotopic (exact) mass is 413 g/mol. The molecule has 2 aromatic rings. The highest BCUT2D eigenvalue weighted by molar-refractivity contribution is 5.87. The van der Waals surface area contributed by atoms with E-state index < -0.39 is 18.0 Å². The van der Waals surface area contributed by atoms with Crippen molar-refractivity contribution >= 4 is 24.2 Å². The van der Waals surface area contributed by atoms with Crippen LogP contribution in [0.2, 0.25) is 0 Å². The fourth-order valence-corrected chi connectivity index (χ4v) is 2.25. The SMILES string of the molecule is Cc1cc(-c2noc(C(C)NC(=O)CNC(=O)[C@@H](N)C(C)C)n2)ccc1F.Cl. The third kappa shape index (κ3) is 6.00. The average molecular weight is 414 g/mol. The van der Waals surface area contributed by atoms with Gasteiger partial charge in [0.2, 0.25) is 23.5 Å². The van der Waals surface area contributed by atoms with Gasteiger partial charge in [0.25, 0.3) is 0 Å². The summed E-state index contributed by atoms with van der Waals surface area (Å²) in [4.78, 5) is 28.0. The first kappa shape index (κ1) is 23.5. The smallest absolute Gasteiger partial charge is 0.249 e. The Kier molecular flexibility index (Phi) is 8.52. The van der Waals surface area contributed by atoms with Crippen molar-refractivity contribution in [3.05, 3.63) is 35.5 Å². The van der Waals surface area contributed by atoms with Gasteiger partial charge < -0.3 is 20.9 Å². The number of nitrogens with two attached hydrogens (primary N) is 1. The number of rotatable bonds is 7. The van der Waals surface area contributed by atoms with E-state index in [0.29, 0.717) is 17.0 Å². The summed E-state index contributed by atoms with van der Waals surface area (Å²) in [5.74, 6) is -0.652. The molecule has 2 amide bonds. The van der Waals surface area contributed by atoms with Crippen LogP contribution >= 0.6 is 12.4 Å². The molecule has 10 heteroatoms. The molecule has 8 nitrogen and oxygen atoms in total. The maximum atomic E-state index is 13.4. The lowest BCUT2D eigenvalue weighted by Gasteiger charge is -2.15. The molecule has 154 valence electrons. The van der Waals surface area contributed by atoms with Crippen LogP contribution < -0.4 is 16.4 Å². The highest BCUT2D eigenvalue weighted by atomic mass is 35.5. The average Bonchev–Trinajstić information content (AvgIpc) is 3.11. The zero-order chi connectivity index (χ0) is 20.1. The van der Waals surface area contributed by atoms with E-state index in [9.17, 15) is 14.0 Å². The Hall–Kier alpha value is -2.52. The van der Waals surface area contributed by atoms with E-state index in [-0.39, 0.29) is 42.5 Å². The molecule has 1 aromatic heterocycles. The van der Waals surface area contributed by atoms with Crippen molar-refractivity contribution in [2.45, 2.75) is 39.8 Å². The molecule has 2 atom stereocenters. The summed E-state index contributed by atoms with van der Waals surface area (Å²) in [5.41, 5.74) is 6.79. The van der Waals surface area contributed by atoms with Gasteiger partial charge in [0, 0.05) is 5.56 Å². The molecule has 28 heavy (non-hydrogen) atoms. The molecule has 0 bridgehead atoms. The molecule has 0 aliphatic heterocycles. The molecule has 0 fully saturated rings. The van der Waals surface area contributed by atoms with Gasteiger partial charge in [-0.3, -0.25) is 9.59 Å². The predicted molar refractivity (Wildman–Crippen MR) is 104 cm³/mol. The highest BCUT2D eigenvalue weighted by Gasteiger charge is 2.20. The fraction of sp³-hybridized carbons (Fsp3) is 0.444. The van der Waals surface area contributed by atoms with Crippen molar-refractivity contribution in [1.29, 1.82) is 0 Å². The Balaban J connectivity index is 0.00000392. The van der Waals surface area contributed by atoms with Crippen LogP contribution in [0, 0.1) is 18.7 Å². The Morgan fingerprint density at radius 3 is 2.57 bits per heavy atom. The van der Waals surface area contributed by atoms with Crippen molar-refractivity contribution in [2.24, 2.45) is 11.7 Å². The summed E-state index contributed by atoms with van der Waals surface area (Å²) in [6.45, 7) is 6.75. The minimum atomic E-state index is -0.673. The lowest BCUT2D eigenvalue weighted by Crippen LogP contribution is -2.47. The molecule has 0 aliphatic carbocycles. The number of hydrogen-bond donors (Lipinski definition) is 3. The van der Waals surface area contributed by atoms with Crippen LogP contribution in [0.4, 0.5) is 4.39 Å². The van der Waals surface area contributed by atoms with E-state index in [4.69, 9.17) is 10.3 Å². The maximum absolute atomic E-state index is 13.4. The second-order valence-electron chi connectivity index (χ2n) is 6.70. The summed E-state index contributed by atoms with van der Waals surface area (Å²) < 4.78 is 18.5. The molecule has 0 radical (unpaired) electrons. The van der Waals surface area contributed by atoms with Gasteiger partial charge >= 0.3 is 0 Å². The second kappa shape index (κ2) is 10.1. The largest absolute Gasteiger partial charge is 0.346 e. The van der Waals surface area contributed by atoms with Crippen LogP contribution in [0.5, 0.6) is 0 Å². The van der Waals surface area contributed by atoms with Crippen molar-refractivity contribution < 1.29 is 18.5 Å². The summed E-state index contributed by atoms with van der Waals surface area (Å²) in [7, 11) is 0. The Morgan fingerprint density at radius 1 is 1.29 bits per heavy atom. The molecule has 0 spiro atoms. The van der Waals surface area contributed by atoms with Crippen LogP contribution in [-0.2, 0) is 9.59 Å². The number of carbonyl (C=O) groups excluding carboxylic acids is 2. The molecule has 1 heterocycles. The Morgan fingerprint density at radius 2 is 1.96 bits per heavy atom. The number of amides is 2. The number of aromatic nitrogens is 2. The lowest BCUT2D eigenvalue weighted by atomic mass is 10.1. The van der Waals surface area contributed by atoms with Gasteiger partial charge in [0.05, 0.1) is 12.6 Å². The lowest BCUT2D eigenvalue weighted by molar-refractivity contribution is -0.127. The molecule has 0 saturated heterocycles. The van der Waals surface area contributed by atoms with Crippen molar-refractivity contribution in [2.75, 3.05) is 6.54 Å². The summed E-state index contributed by atoms with van der Waals surface area (Å²) >= 11 is 0. The van der Waals surface area contributed by atoms with Gasteiger partial charge in [-0.15, -0.1) is 12.4 Å². The van der Waals surface area contributed by atoms with Crippen molar-refractivity contribution in [3.8, 4) is 11.4 Å². The fourth-order valence-electron chi connectivity index (χ4n) is 2.25. The number of aryl methyl sites for hydroxylation is 1. The van der Waals surface area contributed by atoms with Gasteiger partial charge in [-0.05, 0) is 43.5 Å². The first-order valence-corrected chi connectivity index (χ1v) is 8.61. The van der Waals surface area contributed by atoms with Crippen LogP contribution in [0.1, 0.15) is 38.3 Å². The minimum Gasteiger partial charge on any atom is -0.346 e. The van der Waals surface area contributed by atoms with E-state index >= 15 is 0 Å². The third-order valence-corrected chi connectivity index (χ3v) is 4.05. The molecular weight excluding hydrogens is 389 g/mol. The van der Waals surface area contributed by atoms with Gasteiger partial charge in [-0.2, -0.15) is 4.98 Å². The van der Waals surface area contributed by atoms with Gasteiger partial charge in [-0.1, -0.05) is 19.0 Å². The number of nitrogens with zero attached hydrogens (tertiary/aromatic N) is 2. The first-order chi connectivity index (χ1) is 12.7. The Bertz CT molecular complexity index is 827. The quantitative estimate of drug-likeness (QED) is 0.636. The van der Waals surface area contributed by atoms with E-state index in [2.05, 4.69) is 20.8 Å². The van der Waals surface area contributed by atoms with Crippen LogP contribution in [0.25, 0.3) is 11.4 Å². The molecule has 2 rings (SSSR count). The third-order valence-electron chi connectivity index (χ3n) is 4.05. The molecule has 0 saturated carbocycles. The number of nitrogens with one attached hydrogen (secondary N) is 2. The second-order valence-corrected chi connectivity index (χ2v) is 6.70. The first-order valence-electron chi connectivity index (χ1n) is 8.61. The van der Waals surface area contributed by atoms with E-state index in [1.807, 2.05) is 13.8 Å². The topological polar surface area (TPSA) is 123 Å². The number of benzene rings is 1. The number of hydrogen-bond acceptors (Lipinski definition) is 6. The molecular formula is C18H25ClFN5O3. The minimum absolute atomic E-state index is 0. The highest BCUT2D eigenvalue weighted by Crippen LogP contribution is 2.21. The molecule has 4 N–H and O–H groups in total. The van der Waals surface area contributed by atoms with E-state index in [1.54, 1.807) is 26.0 Å². The Labute approximate surface area is 168 Å². The number of carbonyl (C=O) groups is 2. The van der Waals surface area contributed by atoms with Gasteiger partial charge in [-0.25, -0.2) is 4.39 Å². The number of halogens is 2.